The highest BCUT2D eigenvalue weighted by Gasteiger charge is 2.38. The van der Waals surface area contributed by atoms with Crippen molar-refractivity contribution in [3.63, 3.8) is 0 Å². The molecule has 1 atom stereocenters. The Balaban J connectivity index is 1.63. The minimum absolute atomic E-state index is 0.185. The molecule has 0 aliphatic carbocycles. The second-order valence-corrected chi connectivity index (χ2v) is 6.72. The summed E-state index contributed by atoms with van der Waals surface area (Å²) in [5.41, 5.74) is 0.327. The molecule has 0 bridgehead atoms. The Morgan fingerprint density at radius 3 is 2.92 bits per heavy atom. The molecule has 130 valence electrons. The van der Waals surface area contributed by atoms with Gasteiger partial charge in [0.2, 0.25) is 0 Å². The summed E-state index contributed by atoms with van der Waals surface area (Å²) in [7, 11) is 0. The molecule has 2 heterocycles. The van der Waals surface area contributed by atoms with E-state index >= 15 is 0 Å². The standard InChI is InChI=1S/C17H23N3O4/c1-17(2,23)14-8-5-10-20(14)15(21)18-9-11-19-12-6-3-4-7-13(12)24-16(19)22/h3-4,6-7,14,23H,5,8-11H2,1-2H3,(H,18,21)/t14-/m0/s1. The Morgan fingerprint density at radius 2 is 2.17 bits per heavy atom. The van der Waals surface area contributed by atoms with E-state index in [2.05, 4.69) is 5.32 Å². The van der Waals surface area contributed by atoms with E-state index in [1.54, 1.807) is 24.8 Å². The normalized spacial score (nSPS) is 18.3. The number of oxazole rings is 1. The molecule has 1 aliphatic rings. The van der Waals surface area contributed by atoms with Crippen molar-refractivity contribution in [2.75, 3.05) is 13.1 Å². The first kappa shape index (κ1) is 16.6. The quantitative estimate of drug-likeness (QED) is 0.888. The number of carbonyl (C=O) groups excluding carboxylic acids is 1. The van der Waals surface area contributed by atoms with Crippen LogP contribution in [0.5, 0.6) is 0 Å². The van der Waals surface area contributed by atoms with Crippen molar-refractivity contribution in [3.8, 4) is 0 Å². The van der Waals surface area contributed by atoms with Gasteiger partial charge in [-0.2, -0.15) is 0 Å². The lowest BCUT2D eigenvalue weighted by atomic mass is 9.97. The van der Waals surface area contributed by atoms with E-state index in [-0.39, 0.29) is 12.1 Å². The van der Waals surface area contributed by atoms with Crippen LogP contribution in [0.15, 0.2) is 33.5 Å². The molecular weight excluding hydrogens is 310 g/mol. The van der Waals surface area contributed by atoms with Gasteiger partial charge in [0.05, 0.1) is 17.2 Å². The second-order valence-electron chi connectivity index (χ2n) is 6.72. The summed E-state index contributed by atoms with van der Waals surface area (Å²) < 4.78 is 6.68. The van der Waals surface area contributed by atoms with Gasteiger partial charge in [0.25, 0.3) is 0 Å². The third-order valence-corrected chi connectivity index (χ3v) is 4.51. The summed E-state index contributed by atoms with van der Waals surface area (Å²) in [4.78, 5) is 25.9. The predicted molar refractivity (Wildman–Crippen MR) is 89.9 cm³/mol. The van der Waals surface area contributed by atoms with Gasteiger partial charge in [-0.15, -0.1) is 0 Å². The Morgan fingerprint density at radius 1 is 1.42 bits per heavy atom. The van der Waals surface area contributed by atoms with Crippen molar-refractivity contribution in [3.05, 3.63) is 34.8 Å². The van der Waals surface area contributed by atoms with Crippen molar-refractivity contribution in [1.29, 1.82) is 0 Å². The van der Waals surface area contributed by atoms with Crippen LogP contribution in [0.1, 0.15) is 26.7 Å². The van der Waals surface area contributed by atoms with Gasteiger partial charge in [-0.05, 0) is 38.8 Å². The first-order valence-corrected chi connectivity index (χ1v) is 8.23. The van der Waals surface area contributed by atoms with E-state index in [0.717, 1.165) is 12.8 Å². The first-order chi connectivity index (χ1) is 11.4. The third kappa shape index (κ3) is 3.17. The zero-order chi connectivity index (χ0) is 17.3. The van der Waals surface area contributed by atoms with Crippen LogP contribution in [0, 0.1) is 0 Å². The molecule has 0 radical (unpaired) electrons. The maximum absolute atomic E-state index is 12.4. The molecule has 24 heavy (non-hydrogen) atoms. The number of aliphatic hydroxyl groups is 1. The van der Waals surface area contributed by atoms with Crippen LogP contribution in [0.2, 0.25) is 0 Å². The van der Waals surface area contributed by atoms with Crippen LogP contribution in [-0.2, 0) is 6.54 Å². The third-order valence-electron chi connectivity index (χ3n) is 4.51. The summed E-state index contributed by atoms with van der Waals surface area (Å²) in [5.74, 6) is -0.430. The lowest BCUT2D eigenvalue weighted by Crippen LogP contribution is -2.51. The summed E-state index contributed by atoms with van der Waals surface area (Å²) in [6.45, 7) is 4.73. The number of nitrogens with one attached hydrogen (secondary N) is 1. The Bertz CT molecular complexity index is 787. The number of benzene rings is 1. The number of para-hydroxylation sites is 2. The van der Waals surface area contributed by atoms with Crippen molar-refractivity contribution < 1.29 is 14.3 Å². The minimum atomic E-state index is -0.925. The SMILES string of the molecule is CC(C)(O)[C@@H]1CCCN1C(=O)NCCn1c(=O)oc2ccccc21. The lowest BCUT2D eigenvalue weighted by Gasteiger charge is -2.33. The Labute approximate surface area is 139 Å². The highest BCUT2D eigenvalue weighted by atomic mass is 16.4. The van der Waals surface area contributed by atoms with E-state index in [9.17, 15) is 14.7 Å². The summed E-state index contributed by atoms with van der Waals surface area (Å²) in [5, 5.41) is 13.0. The molecule has 7 heteroatoms. The topological polar surface area (TPSA) is 87.7 Å². The van der Waals surface area contributed by atoms with Gasteiger partial charge in [0.1, 0.15) is 0 Å². The van der Waals surface area contributed by atoms with Gasteiger partial charge in [-0.1, -0.05) is 12.1 Å². The van der Waals surface area contributed by atoms with Gasteiger partial charge in [0.15, 0.2) is 5.58 Å². The molecule has 1 fully saturated rings. The fourth-order valence-corrected chi connectivity index (χ4v) is 3.35. The van der Waals surface area contributed by atoms with E-state index in [1.807, 2.05) is 18.2 Å². The number of likely N-dealkylation sites (tertiary alicyclic amines) is 1. The van der Waals surface area contributed by atoms with Crippen LogP contribution < -0.4 is 11.1 Å². The molecule has 1 aliphatic heterocycles. The maximum Gasteiger partial charge on any atom is 0.420 e. The van der Waals surface area contributed by atoms with Crippen molar-refractivity contribution >= 4 is 17.1 Å². The monoisotopic (exact) mass is 333 g/mol. The van der Waals surface area contributed by atoms with Gasteiger partial charge in [-0.25, -0.2) is 9.59 Å². The smallest absolute Gasteiger partial charge is 0.408 e. The molecule has 0 spiro atoms. The van der Waals surface area contributed by atoms with E-state index in [4.69, 9.17) is 4.42 Å². The molecular formula is C17H23N3O4. The minimum Gasteiger partial charge on any atom is -0.408 e. The molecule has 1 saturated heterocycles. The first-order valence-electron chi connectivity index (χ1n) is 8.23. The zero-order valence-electron chi connectivity index (χ0n) is 14.0. The Hall–Kier alpha value is -2.28. The van der Waals surface area contributed by atoms with E-state index in [0.29, 0.717) is 30.7 Å². The van der Waals surface area contributed by atoms with Gasteiger partial charge >= 0.3 is 11.8 Å². The largest absolute Gasteiger partial charge is 0.420 e. The molecule has 2 amide bonds. The maximum atomic E-state index is 12.4. The molecule has 2 N–H and O–H groups in total. The molecule has 1 aromatic carbocycles. The van der Waals surface area contributed by atoms with Gasteiger partial charge < -0.3 is 19.7 Å². The summed E-state index contributed by atoms with van der Waals surface area (Å²) >= 11 is 0. The average molecular weight is 333 g/mol. The van der Waals surface area contributed by atoms with Crippen LogP contribution in [-0.4, -0.2) is 45.3 Å². The highest BCUT2D eigenvalue weighted by molar-refractivity contribution is 5.75. The van der Waals surface area contributed by atoms with Crippen molar-refractivity contribution in [2.24, 2.45) is 0 Å². The molecule has 1 aromatic heterocycles. The summed E-state index contributed by atoms with van der Waals surface area (Å²) in [6.07, 6.45) is 1.68. The fourth-order valence-electron chi connectivity index (χ4n) is 3.35. The molecule has 3 rings (SSSR count). The van der Waals surface area contributed by atoms with Gasteiger partial charge in [-0.3, -0.25) is 4.57 Å². The van der Waals surface area contributed by atoms with Crippen LogP contribution in [0.25, 0.3) is 11.1 Å². The average Bonchev–Trinajstić information content (AvgIpc) is 3.12. The molecule has 2 aromatic rings. The number of carbonyl (C=O) groups is 1. The number of nitrogens with zero attached hydrogens (tertiary/aromatic N) is 2. The lowest BCUT2D eigenvalue weighted by molar-refractivity contribution is 0.00983. The molecule has 0 saturated carbocycles. The number of fused-ring (bicyclic) bond motifs is 1. The fraction of sp³-hybridized carbons (Fsp3) is 0.529. The van der Waals surface area contributed by atoms with Crippen molar-refractivity contribution in [2.45, 2.75) is 44.9 Å². The zero-order valence-corrected chi connectivity index (χ0v) is 14.0. The number of amides is 2. The number of hydrogen-bond acceptors (Lipinski definition) is 4. The predicted octanol–water partition coefficient (Wildman–Crippen LogP) is 1.54. The Kier molecular flexibility index (Phi) is 4.36. The molecule has 0 unspecified atom stereocenters. The van der Waals surface area contributed by atoms with Crippen LogP contribution in [0.3, 0.4) is 0 Å². The van der Waals surface area contributed by atoms with Crippen LogP contribution in [0.4, 0.5) is 4.79 Å². The van der Waals surface area contributed by atoms with Crippen LogP contribution >= 0.6 is 0 Å². The number of hydrogen-bond donors (Lipinski definition) is 2. The number of rotatable bonds is 4. The molecule has 7 nitrogen and oxygen atoms in total. The number of urea groups is 1. The highest BCUT2D eigenvalue weighted by Crippen LogP contribution is 2.26. The van der Waals surface area contributed by atoms with Crippen molar-refractivity contribution in [1.82, 2.24) is 14.8 Å². The second kappa shape index (κ2) is 6.32. The van der Waals surface area contributed by atoms with E-state index in [1.165, 1.54) is 4.57 Å². The summed E-state index contributed by atoms with van der Waals surface area (Å²) in [6, 6.07) is 6.80. The van der Waals surface area contributed by atoms with Gasteiger partial charge in [0, 0.05) is 19.6 Å². The van der Waals surface area contributed by atoms with E-state index < -0.39 is 11.4 Å². The number of aromatic nitrogens is 1.